The van der Waals surface area contributed by atoms with Crippen LogP contribution in [0.3, 0.4) is 0 Å². The van der Waals surface area contributed by atoms with Gasteiger partial charge < -0.3 is 4.57 Å². The fraction of sp³-hybridized carbons (Fsp3) is 0.353. The Morgan fingerprint density at radius 1 is 1.16 bits per heavy atom. The Balaban J connectivity index is 1.50. The summed E-state index contributed by atoms with van der Waals surface area (Å²) in [6.45, 7) is 6.30. The van der Waals surface area contributed by atoms with E-state index in [2.05, 4.69) is 20.4 Å². The highest BCUT2D eigenvalue weighted by molar-refractivity contribution is 5.95. The highest BCUT2D eigenvalue weighted by Gasteiger charge is 2.22. The van der Waals surface area contributed by atoms with Crippen LogP contribution >= 0.6 is 0 Å². The average molecular weight is 345 g/mol. The van der Waals surface area contributed by atoms with Crippen LogP contribution in [0.25, 0.3) is 0 Å². The van der Waals surface area contributed by atoms with Crippen molar-refractivity contribution < 1.29 is 14.0 Å². The largest absolute Gasteiger partial charge is 0.330 e. The molecule has 132 valence electrons. The van der Waals surface area contributed by atoms with E-state index in [0.29, 0.717) is 6.54 Å². The number of aromatic nitrogens is 2. The average Bonchev–Trinajstić information content (AvgIpc) is 2.87. The summed E-state index contributed by atoms with van der Waals surface area (Å²) in [6.07, 6.45) is 0. The number of amides is 2. The number of hydrogen-bond acceptors (Lipinski definition) is 4. The topological polar surface area (TPSA) is 79.3 Å². The summed E-state index contributed by atoms with van der Waals surface area (Å²) in [6, 6.07) is 5.09. The fourth-order valence-electron chi connectivity index (χ4n) is 2.84. The number of fused-ring (bicyclic) bond motifs is 1. The van der Waals surface area contributed by atoms with Crippen LogP contribution in [0.15, 0.2) is 24.3 Å². The summed E-state index contributed by atoms with van der Waals surface area (Å²) < 4.78 is 15.0. The summed E-state index contributed by atoms with van der Waals surface area (Å²) in [5, 5.41) is 0. The molecule has 0 atom stereocenters. The molecule has 2 aromatic rings. The number of nitrogens with zero attached hydrogens (tertiary/aromatic N) is 3. The van der Waals surface area contributed by atoms with E-state index in [1.807, 2.05) is 18.7 Å². The summed E-state index contributed by atoms with van der Waals surface area (Å²) in [5.41, 5.74) is 7.15. The van der Waals surface area contributed by atoms with E-state index in [1.165, 1.54) is 24.3 Å². The number of rotatable bonds is 3. The Kier molecular flexibility index (Phi) is 4.80. The number of carbonyl (C=O) groups is 2. The smallest absolute Gasteiger partial charge is 0.269 e. The van der Waals surface area contributed by atoms with Crippen LogP contribution in [0.5, 0.6) is 0 Å². The predicted octanol–water partition coefficient (Wildman–Crippen LogP) is 0.916. The first-order valence-corrected chi connectivity index (χ1v) is 8.04. The van der Waals surface area contributed by atoms with Gasteiger partial charge in [0.15, 0.2) is 0 Å². The normalized spacial score (nSPS) is 14.0. The maximum atomic E-state index is 12.8. The zero-order valence-electron chi connectivity index (χ0n) is 14.2. The molecule has 0 radical (unpaired) electrons. The first kappa shape index (κ1) is 17.1. The number of halogens is 1. The molecule has 3 rings (SSSR count). The van der Waals surface area contributed by atoms with Crippen molar-refractivity contribution in [1.82, 2.24) is 25.3 Å². The van der Waals surface area contributed by atoms with Crippen molar-refractivity contribution in [2.45, 2.75) is 26.9 Å². The lowest BCUT2D eigenvalue weighted by atomic mass is 10.2. The molecule has 0 fully saturated rings. The molecule has 0 unspecified atom stereocenters. The van der Waals surface area contributed by atoms with E-state index in [0.717, 1.165) is 30.3 Å². The first-order chi connectivity index (χ1) is 11.9. The summed E-state index contributed by atoms with van der Waals surface area (Å²) in [7, 11) is 0. The summed E-state index contributed by atoms with van der Waals surface area (Å²) >= 11 is 0. The molecule has 0 saturated heterocycles. The van der Waals surface area contributed by atoms with Crippen LogP contribution in [-0.2, 0) is 17.9 Å². The molecular weight excluding hydrogens is 325 g/mol. The maximum absolute atomic E-state index is 12.8. The highest BCUT2D eigenvalue weighted by Crippen LogP contribution is 2.16. The van der Waals surface area contributed by atoms with Crippen LogP contribution in [0.1, 0.15) is 27.6 Å². The highest BCUT2D eigenvalue weighted by atomic mass is 19.1. The molecule has 1 aliphatic heterocycles. The van der Waals surface area contributed by atoms with Crippen LogP contribution in [0, 0.1) is 19.7 Å². The van der Waals surface area contributed by atoms with E-state index < -0.39 is 11.7 Å². The van der Waals surface area contributed by atoms with Gasteiger partial charge in [-0.25, -0.2) is 9.37 Å². The van der Waals surface area contributed by atoms with Crippen LogP contribution in [0.2, 0.25) is 0 Å². The van der Waals surface area contributed by atoms with E-state index >= 15 is 0 Å². The predicted molar refractivity (Wildman–Crippen MR) is 89.0 cm³/mol. The number of hydrogen-bond donors (Lipinski definition) is 2. The number of hydrazine groups is 1. The van der Waals surface area contributed by atoms with Gasteiger partial charge in [-0.3, -0.25) is 25.3 Å². The zero-order chi connectivity index (χ0) is 18.0. The van der Waals surface area contributed by atoms with Crippen molar-refractivity contribution in [1.29, 1.82) is 0 Å². The van der Waals surface area contributed by atoms with Crippen molar-refractivity contribution in [2.24, 2.45) is 0 Å². The lowest BCUT2D eigenvalue weighted by Gasteiger charge is -2.27. The second kappa shape index (κ2) is 7.02. The third-order valence-electron chi connectivity index (χ3n) is 4.33. The maximum Gasteiger partial charge on any atom is 0.269 e. The molecule has 1 aromatic heterocycles. The van der Waals surface area contributed by atoms with Gasteiger partial charge >= 0.3 is 0 Å². The molecule has 1 aromatic carbocycles. The number of aryl methyl sites for hydroxylation is 1. The molecule has 0 spiro atoms. The van der Waals surface area contributed by atoms with Crippen molar-refractivity contribution in [3.8, 4) is 0 Å². The van der Waals surface area contributed by atoms with Gasteiger partial charge in [0.25, 0.3) is 11.8 Å². The molecule has 25 heavy (non-hydrogen) atoms. The third kappa shape index (κ3) is 3.85. The van der Waals surface area contributed by atoms with Gasteiger partial charge in [0.05, 0.1) is 18.8 Å². The van der Waals surface area contributed by atoms with Crippen molar-refractivity contribution >= 4 is 11.8 Å². The Morgan fingerprint density at radius 2 is 1.88 bits per heavy atom. The quantitative estimate of drug-likeness (QED) is 0.811. The Morgan fingerprint density at radius 3 is 2.60 bits per heavy atom. The van der Waals surface area contributed by atoms with E-state index in [-0.39, 0.29) is 18.0 Å². The lowest BCUT2D eigenvalue weighted by molar-refractivity contribution is -0.123. The zero-order valence-corrected chi connectivity index (χ0v) is 14.2. The van der Waals surface area contributed by atoms with Gasteiger partial charge in [-0.05, 0) is 38.1 Å². The number of carbonyl (C=O) groups excluding carboxylic acids is 2. The number of imidazole rings is 1. The number of benzene rings is 1. The van der Waals surface area contributed by atoms with Gasteiger partial charge in [0.2, 0.25) is 0 Å². The molecule has 0 saturated carbocycles. The minimum atomic E-state index is -0.492. The molecular formula is C17H20FN5O2. The summed E-state index contributed by atoms with van der Waals surface area (Å²) in [5.74, 6) is -0.281. The van der Waals surface area contributed by atoms with Crippen LogP contribution < -0.4 is 10.9 Å². The van der Waals surface area contributed by atoms with Crippen LogP contribution in [-0.4, -0.2) is 39.4 Å². The SMILES string of the molecule is Cc1nc2n(c1C)CCN(CC(=O)NNC(=O)c1ccc(F)cc1)C2. The Bertz CT molecular complexity index is 800. The monoisotopic (exact) mass is 345 g/mol. The van der Waals surface area contributed by atoms with Crippen molar-refractivity contribution in [2.75, 3.05) is 13.1 Å². The fourth-order valence-corrected chi connectivity index (χ4v) is 2.84. The minimum Gasteiger partial charge on any atom is -0.330 e. The third-order valence-corrected chi connectivity index (χ3v) is 4.33. The lowest BCUT2D eigenvalue weighted by Crippen LogP contribution is -2.47. The van der Waals surface area contributed by atoms with Crippen molar-refractivity contribution in [3.05, 3.63) is 52.9 Å². The van der Waals surface area contributed by atoms with Gasteiger partial charge in [-0.15, -0.1) is 0 Å². The van der Waals surface area contributed by atoms with Crippen LogP contribution in [0.4, 0.5) is 4.39 Å². The molecule has 0 bridgehead atoms. The molecule has 8 heteroatoms. The standard InChI is InChI=1S/C17H20FN5O2/c1-11-12(2)23-8-7-22(9-15(23)19-11)10-16(24)20-21-17(25)13-3-5-14(18)6-4-13/h3-6H,7-10H2,1-2H3,(H,20,24)(H,21,25). The van der Waals surface area contributed by atoms with Gasteiger partial charge in [-0.2, -0.15) is 0 Å². The molecule has 7 nitrogen and oxygen atoms in total. The Hall–Kier alpha value is -2.74. The molecule has 0 aliphatic carbocycles. The van der Waals surface area contributed by atoms with E-state index in [9.17, 15) is 14.0 Å². The van der Waals surface area contributed by atoms with Gasteiger partial charge in [0, 0.05) is 24.3 Å². The van der Waals surface area contributed by atoms with E-state index in [1.54, 1.807) is 0 Å². The van der Waals surface area contributed by atoms with E-state index in [4.69, 9.17) is 0 Å². The molecule has 1 aliphatic rings. The summed E-state index contributed by atoms with van der Waals surface area (Å²) in [4.78, 5) is 30.4. The second-order valence-corrected chi connectivity index (χ2v) is 6.07. The Labute approximate surface area is 144 Å². The molecule has 2 amide bonds. The van der Waals surface area contributed by atoms with Crippen molar-refractivity contribution in [3.63, 3.8) is 0 Å². The molecule has 2 N–H and O–H groups in total. The first-order valence-electron chi connectivity index (χ1n) is 8.04. The number of nitrogens with one attached hydrogen (secondary N) is 2. The molecule has 2 heterocycles. The minimum absolute atomic E-state index is 0.161. The van der Waals surface area contributed by atoms with Gasteiger partial charge in [-0.1, -0.05) is 0 Å². The second-order valence-electron chi connectivity index (χ2n) is 6.07. The van der Waals surface area contributed by atoms with Gasteiger partial charge in [0.1, 0.15) is 11.6 Å².